The van der Waals surface area contributed by atoms with Gasteiger partial charge in [0.1, 0.15) is 4.21 Å². The molecule has 0 aliphatic carbocycles. The summed E-state index contributed by atoms with van der Waals surface area (Å²) in [5, 5.41) is 3.42. The Bertz CT molecular complexity index is 972. The van der Waals surface area contributed by atoms with Gasteiger partial charge in [-0.2, -0.15) is 4.31 Å². The van der Waals surface area contributed by atoms with E-state index in [1.54, 1.807) is 17.4 Å². The van der Waals surface area contributed by atoms with Gasteiger partial charge in [0.15, 0.2) is 5.96 Å². The molecule has 2 aliphatic rings. The molecule has 0 saturated carbocycles. The first-order valence-electron chi connectivity index (χ1n) is 10.7. The zero-order valence-electron chi connectivity index (χ0n) is 17.9. The lowest BCUT2D eigenvalue weighted by Gasteiger charge is -2.25. The second-order valence-corrected chi connectivity index (χ2v) is 11.3. The zero-order chi connectivity index (χ0) is 21.0. The molecule has 0 amide bonds. The number of thiophene rings is 1. The topological polar surface area (TPSA) is 65.0 Å². The number of halogens is 1. The summed E-state index contributed by atoms with van der Waals surface area (Å²) in [6.45, 7) is 3.77. The minimum Gasteiger partial charge on any atom is -0.351 e. The molecular formula is C22H31IN4O2S2. The number of aliphatic imine (C=N–C) groups is 1. The molecular weight excluding hydrogens is 543 g/mol. The summed E-state index contributed by atoms with van der Waals surface area (Å²) in [7, 11) is -1.55. The van der Waals surface area contributed by atoms with E-state index in [0.29, 0.717) is 29.8 Å². The van der Waals surface area contributed by atoms with Gasteiger partial charge in [-0.15, -0.1) is 35.3 Å². The number of nitrogens with one attached hydrogen (secondary N) is 1. The first-order chi connectivity index (χ1) is 14.6. The van der Waals surface area contributed by atoms with Gasteiger partial charge in [0.05, 0.1) is 6.54 Å². The molecule has 1 atom stereocenters. The summed E-state index contributed by atoms with van der Waals surface area (Å²) in [5.74, 6) is 1.40. The van der Waals surface area contributed by atoms with Crippen LogP contribution in [0.2, 0.25) is 0 Å². The van der Waals surface area contributed by atoms with Crippen molar-refractivity contribution in [2.45, 2.75) is 42.4 Å². The summed E-state index contributed by atoms with van der Waals surface area (Å²) < 4.78 is 27.8. The summed E-state index contributed by atoms with van der Waals surface area (Å²) in [6.07, 6.45) is 4.14. The van der Waals surface area contributed by atoms with E-state index in [0.717, 1.165) is 49.6 Å². The maximum atomic E-state index is 12.9. The molecule has 2 aromatic rings. The average Bonchev–Trinajstić information content (AvgIpc) is 3.46. The van der Waals surface area contributed by atoms with E-state index in [2.05, 4.69) is 45.5 Å². The van der Waals surface area contributed by atoms with Gasteiger partial charge in [0.25, 0.3) is 10.0 Å². The number of rotatable bonds is 5. The molecule has 6 nitrogen and oxygen atoms in total. The minimum atomic E-state index is -3.36. The van der Waals surface area contributed by atoms with Crippen LogP contribution in [0.5, 0.6) is 0 Å². The van der Waals surface area contributed by atoms with Gasteiger partial charge in [-0.05, 0) is 37.0 Å². The van der Waals surface area contributed by atoms with Crippen molar-refractivity contribution in [3.8, 4) is 0 Å². The van der Waals surface area contributed by atoms with Crippen molar-refractivity contribution in [1.29, 1.82) is 0 Å². The van der Waals surface area contributed by atoms with Gasteiger partial charge in [-0.3, -0.25) is 4.99 Å². The van der Waals surface area contributed by atoms with Crippen LogP contribution in [0.15, 0.2) is 51.7 Å². The van der Waals surface area contributed by atoms with Gasteiger partial charge in [-0.1, -0.05) is 36.8 Å². The molecule has 2 aliphatic heterocycles. The van der Waals surface area contributed by atoms with Crippen LogP contribution in [0, 0.1) is 0 Å². The number of sulfonamides is 1. The van der Waals surface area contributed by atoms with Crippen LogP contribution < -0.4 is 5.32 Å². The zero-order valence-corrected chi connectivity index (χ0v) is 21.8. The third-order valence-electron chi connectivity index (χ3n) is 5.94. The lowest BCUT2D eigenvalue weighted by molar-refractivity contribution is 0.347. The number of hydrogen-bond acceptors (Lipinski definition) is 4. The monoisotopic (exact) mass is 574 g/mol. The van der Waals surface area contributed by atoms with Crippen molar-refractivity contribution in [2.75, 3.05) is 33.2 Å². The number of nitrogens with zero attached hydrogens (tertiary/aromatic N) is 3. The molecule has 4 rings (SSSR count). The fourth-order valence-electron chi connectivity index (χ4n) is 4.27. The first-order valence-corrected chi connectivity index (χ1v) is 12.9. The van der Waals surface area contributed by atoms with Crippen LogP contribution >= 0.6 is 35.3 Å². The lowest BCUT2D eigenvalue weighted by Crippen LogP contribution is -2.39. The van der Waals surface area contributed by atoms with Crippen molar-refractivity contribution >= 4 is 51.3 Å². The summed E-state index contributed by atoms with van der Waals surface area (Å²) in [4.78, 5) is 7.75. The highest BCUT2D eigenvalue weighted by Gasteiger charge is 2.28. The van der Waals surface area contributed by atoms with E-state index in [-0.39, 0.29) is 24.0 Å². The maximum Gasteiger partial charge on any atom is 0.252 e. The Morgan fingerprint density at radius 3 is 2.55 bits per heavy atom. The largest absolute Gasteiger partial charge is 0.351 e. The highest BCUT2D eigenvalue weighted by Crippen LogP contribution is 2.28. The Kier molecular flexibility index (Phi) is 8.77. The quantitative estimate of drug-likeness (QED) is 0.332. The molecule has 170 valence electrons. The number of likely N-dealkylation sites (tertiary alicyclic amines) is 1. The lowest BCUT2D eigenvalue weighted by atomic mass is 9.99. The fourth-order valence-corrected chi connectivity index (χ4v) is 7.24. The Labute approximate surface area is 206 Å². The Morgan fingerprint density at radius 2 is 1.84 bits per heavy atom. The minimum absolute atomic E-state index is 0. The molecule has 1 N–H and O–H groups in total. The molecule has 0 bridgehead atoms. The van der Waals surface area contributed by atoms with Gasteiger partial charge in [-0.25, -0.2) is 8.42 Å². The predicted octanol–water partition coefficient (Wildman–Crippen LogP) is 4.11. The highest BCUT2D eigenvalue weighted by atomic mass is 127. The Balaban J connectivity index is 0.00000272. The van der Waals surface area contributed by atoms with Crippen LogP contribution in [0.25, 0.3) is 0 Å². The standard InChI is InChI=1S/C22H30N4O2S2.HI/c1-23-22(25-15-12-19(17-25)18-8-4-2-5-9-18)24-16-20-10-11-21(29-20)30(27,28)26-13-6-3-7-14-26;/h2,4-5,8-11,19H,3,6-7,12-17H2,1H3,(H,23,24);1H. The maximum absolute atomic E-state index is 12.9. The SMILES string of the molecule is CN=C(NCc1ccc(S(=O)(=O)N2CCCCC2)s1)N1CCC(c2ccccc2)C1.I. The van der Waals surface area contributed by atoms with Gasteiger partial charge in [0, 0.05) is 44.0 Å². The molecule has 0 spiro atoms. The number of hydrogen-bond donors (Lipinski definition) is 1. The van der Waals surface area contributed by atoms with Crippen LogP contribution in [0.1, 0.15) is 42.0 Å². The molecule has 31 heavy (non-hydrogen) atoms. The molecule has 0 radical (unpaired) electrons. The highest BCUT2D eigenvalue weighted by molar-refractivity contribution is 14.0. The fraction of sp³-hybridized carbons (Fsp3) is 0.500. The molecule has 3 heterocycles. The first kappa shape index (κ1) is 24.5. The van der Waals surface area contributed by atoms with Crippen molar-refractivity contribution in [1.82, 2.24) is 14.5 Å². The number of benzene rings is 1. The summed E-state index contributed by atoms with van der Waals surface area (Å²) in [6, 6.07) is 14.3. The smallest absolute Gasteiger partial charge is 0.252 e. The van der Waals surface area contributed by atoms with E-state index >= 15 is 0 Å². The second-order valence-electron chi connectivity index (χ2n) is 7.93. The molecule has 2 saturated heterocycles. The number of guanidine groups is 1. The van der Waals surface area contributed by atoms with Crippen LogP contribution in [-0.4, -0.2) is 56.8 Å². The van der Waals surface area contributed by atoms with Gasteiger partial charge < -0.3 is 10.2 Å². The molecule has 1 aromatic carbocycles. The molecule has 1 aromatic heterocycles. The van der Waals surface area contributed by atoms with E-state index in [9.17, 15) is 8.42 Å². The molecule has 9 heteroatoms. The molecule has 2 fully saturated rings. The Hall–Kier alpha value is -1.17. The van der Waals surface area contributed by atoms with Crippen molar-refractivity contribution in [3.05, 3.63) is 52.9 Å². The van der Waals surface area contributed by atoms with Crippen molar-refractivity contribution < 1.29 is 8.42 Å². The van der Waals surface area contributed by atoms with Gasteiger partial charge in [0.2, 0.25) is 0 Å². The van der Waals surface area contributed by atoms with Gasteiger partial charge >= 0.3 is 0 Å². The van der Waals surface area contributed by atoms with Crippen molar-refractivity contribution in [2.24, 2.45) is 4.99 Å². The summed E-state index contributed by atoms with van der Waals surface area (Å²) in [5.41, 5.74) is 1.38. The van der Waals surface area contributed by atoms with Crippen LogP contribution in [-0.2, 0) is 16.6 Å². The number of piperidine rings is 1. The molecule has 1 unspecified atom stereocenters. The van der Waals surface area contributed by atoms with E-state index in [1.165, 1.54) is 16.9 Å². The third-order valence-corrected chi connectivity index (χ3v) is 9.39. The predicted molar refractivity (Wildman–Crippen MR) is 138 cm³/mol. The normalized spacial score (nSPS) is 20.5. The third kappa shape index (κ3) is 5.80. The van der Waals surface area contributed by atoms with E-state index < -0.39 is 10.0 Å². The van der Waals surface area contributed by atoms with Crippen molar-refractivity contribution in [3.63, 3.8) is 0 Å². The Morgan fingerprint density at radius 1 is 1.10 bits per heavy atom. The summed E-state index contributed by atoms with van der Waals surface area (Å²) >= 11 is 1.36. The van der Waals surface area contributed by atoms with E-state index in [1.807, 2.05) is 6.07 Å². The second kappa shape index (κ2) is 11.1. The average molecular weight is 575 g/mol. The van der Waals surface area contributed by atoms with Crippen LogP contribution in [0.3, 0.4) is 0 Å². The van der Waals surface area contributed by atoms with E-state index in [4.69, 9.17) is 0 Å². The van der Waals surface area contributed by atoms with Crippen LogP contribution in [0.4, 0.5) is 0 Å².